The third kappa shape index (κ3) is 13.4. The monoisotopic (exact) mass is 536 g/mol. The van der Waals surface area contributed by atoms with E-state index in [0.29, 0.717) is 38.8 Å². The highest BCUT2D eigenvalue weighted by Gasteiger charge is 2.43. The van der Waals surface area contributed by atoms with E-state index in [0.717, 1.165) is 0 Å². The van der Waals surface area contributed by atoms with Gasteiger partial charge in [0, 0.05) is 30.2 Å². The summed E-state index contributed by atoms with van der Waals surface area (Å²) in [6.07, 6.45) is 1.69. The van der Waals surface area contributed by atoms with Gasteiger partial charge in [-0.05, 0) is 50.0 Å². The molecule has 0 aliphatic carbocycles. The molecule has 2 amide bonds. The molecule has 0 spiro atoms. The smallest absolute Gasteiger partial charge is 0.226 e. The van der Waals surface area contributed by atoms with E-state index in [1.165, 1.54) is 0 Å². The van der Waals surface area contributed by atoms with Gasteiger partial charge in [0.15, 0.2) is 17.5 Å². The Labute approximate surface area is 224 Å². The summed E-state index contributed by atoms with van der Waals surface area (Å²) in [5.41, 5.74) is 18.7. The molecule has 0 bridgehead atoms. The summed E-state index contributed by atoms with van der Waals surface area (Å²) in [5, 5.41) is 8.74. The molecule has 0 unspecified atom stereocenters. The van der Waals surface area contributed by atoms with E-state index in [-0.39, 0.29) is 42.2 Å². The van der Waals surface area contributed by atoms with Crippen LogP contribution in [0.1, 0.15) is 73.1 Å². The van der Waals surface area contributed by atoms with Gasteiger partial charge in [-0.3, -0.25) is 24.2 Å². The van der Waals surface area contributed by atoms with E-state index in [4.69, 9.17) is 21.7 Å². The summed E-state index contributed by atoms with van der Waals surface area (Å²) < 4.78 is 5.35. The Morgan fingerprint density at radius 3 is 2.18 bits per heavy atom. The van der Waals surface area contributed by atoms with Crippen molar-refractivity contribution >= 4 is 29.3 Å². The Kier molecular flexibility index (Phi) is 13.8. The first kappa shape index (κ1) is 32.8. The van der Waals surface area contributed by atoms with Crippen molar-refractivity contribution in [3.05, 3.63) is 10.4 Å². The van der Waals surface area contributed by atoms with Crippen LogP contribution in [-0.4, -0.2) is 66.7 Å². The van der Waals surface area contributed by atoms with Crippen molar-refractivity contribution in [1.82, 2.24) is 10.6 Å². The summed E-state index contributed by atoms with van der Waals surface area (Å²) in [5.74, 6) is -1.92. The van der Waals surface area contributed by atoms with Gasteiger partial charge >= 0.3 is 0 Å². The number of ether oxygens (including phenoxy) is 1. The summed E-state index contributed by atoms with van der Waals surface area (Å²) in [4.78, 5) is 58.3. The highest BCUT2D eigenvalue weighted by Crippen LogP contribution is 2.31. The van der Waals surface area contributed by atoms with Crippen molar-refractivity contribution in [3.63, 3.8) is 0 Å². The first-order chi connectivity index (χ1) is 17.8. The topological polar surface area (TPSA) is 218 Å². The fourth-order valence-corrected chi connectivity index (χ4v) is 4.14. The second-order valence-electron chi connectivity index (χ2n) is 11.0. The van der Waals surface area contributed by atoms with Gasteiger partial charge in [0.05, 0.1) is 24.3 Å². The van der Waals surface area contributed by atoms with E-state index in [2.05, 4.69) is 25.7 Å². The van der Waals surface area contributed by atoms with Crippen molar-refractivity contribution in [3.8, 4) is 0 Å². The number of hydrogen-bond donors (Lipinski definition) is 4. The van der Waals surface area contributed by atoms with E-state index in [1.807, 2.05) is 34.6 Å². The molecule has 4 atom stereocenters. The fraction of sp³-hybridized carbons (Fsp3) is 0.800. The van der Waals surface area contributed by atoms with Crippen LogP contribution in [0.2, 0.25) is 0 Å². The van der Waals surface area contributed by atoms with Crippen LogP contribution in [-0.2, 0) is 23.9 Å². The van der Waals surface area contributed by atoms with Gasteiger partial charge in [-0.2, -0.15) is 0 Å². The first-order valence-electron chi connectivity index (χ1n) is 13.1. The van der Waals surface area contributed by atoms with Gasteiger partial charge in [0.25, 0.3) is 0 Å². The fourth-order valence-electron chi connectivity index (χ4n) is 4.14. The number of carbonyl (C=O) groups excluding carboxylic acids is 4. The van der Waals surface area contributed by atoms with Crippen LogP contribution in [0.3, 0.4) is 0 Å². The number of azide groups is 1. The molecule has 0 aromatic carbocycles. The SMILES string of the molecule is CC(C)C[C@H](CC(=O)[C@H](CC(C)C)NC(=O)CN=[N+]=[N-])C(=O)N[C@@H](CCCN=C(N)N)C(=O)C[C@@]1(C)CO1. The maximum atomic E-state index is 13.4. The average molecular weight is 537 g/mol. The van der Waals surface area contributed by atoms with E-state index in [9.17, 15) is 19.2 Å². The minimum absolute atomic E-state index is 0.0474. The number of rotatable bonds is 19. The van der Waals surface area contributed by atoms with Crippen molar-refractivity contribution in [2.75, 3.05) is 19.7 Å². The lowest BCUT2D eigenvalue weighted by molar-refractivity contribution is -0.134. The third-order valence-electron chi connectivity index (χ3n) is 6.12. The highest BCUT2D eigenvalue weighted by atomic mass is 16.6. The molecule has 1 fully saturated rings. The summed E-state index contributed by atoms with van der Waals surface area (Å²) in [7, 11) is 0. The maximum absolute atomic E-state index is 13.4. The molecular weight excluding hydrogens is 492 g/mol. The van der Waals surface area contributed by atoms with Gasteiger partial charge in [-0.25, -0.2) is 0 Å². The van der Waals surface area contributed by atoms with Crippen LogP contribution in [0.25, 0.3) is 10.4 Å². The molecule has 6 N–H and O–H groups in total. The number of guanidine groups is 1. The second-order valence-corrected chi connectivity index (χ2v) is 11.0. The van der Waals surface area contributed by atoms with Crippen LogP contribution < -0.4 is 22.1 Å². The van der Waals surface area contributed by atoms with Crippen molar-refractivity contribution < 1.29 is 23.9 Å². The maximum Gasteiger partial charge on any atom is 0.226 e. The van der Waals surface area contributed by atoms with Gasteiger partial charge in [-0.1, -0.05) is 32.8 Å². The zero-order valence-corrected chi connectivity index (χ0v) is 23.2. The molecule has 38 heavy (non-hydrogen) atoms. The molecule has 0 saturated carbocycles. The van der Waals surface area contributed by atoms with Gasteiger partial charge in [0.1, 0.15) is 6.54 Å². The number of nitrogens with one attached hydrogen (secondary N) is 2. The molecule has 1 aliphatic heterocycles. The molecule has 1 saturated heterocycles. The molecule has 1 heterocycles. The molecule has 214 valence electrons. The van der Waals surface area contributed by atoms with Crippen molar-refractivity contribution in [2.24, 2.45) is 39.3 Å². The van der Waals surface area contributed by atoms with Crippen LogP contribution in [0.15, 0.2) is 10.1 Å². The van der Waals surface area contributed by atoms with E-state index >= 15 is 0 Å². The van der Waals surface area contributed by atoms with E-state index in [1.54, 1.807) is 0 Å². The van der Waals surface area contributed by atoms with Crippen LogP contribution in [0, 0.1) is 17.8 Å². The zero-order chi connectivity index (χ0) is 28.9. The molecular formula is C25H44N8O5. The number of carbonyl (C=O) groups is 4. The molecule has 13 heteroatoms. The Bertz CT molecular complexity index is 905. The Morgan fingerprint density at radius 1 is 1.03 bits per heavy atom. The second kappa shape index (κ2) is 15.9. The predicted molar refractivity (Wildman–Crippen MR) is 144 cm³/mol. The summed E-state index contributed by atoms with van der Waals surface area (Å²) in [6.45, 7) is 9.95. The molecule has 13 nitrogen and oxygen atoms in total. The third-order valence-corrected chi connectivity index (χ3v) is 6.12. The van der Waals surface area contributed by atoms with Gasteiger partial charge in [-0.15, -0.1) is 0 Å². The van der Waals surface area contributed by atoms with Crippen LogP contribution in [0.4, 0.5) is 0 Å². The highest BCUT2D eigenvalue weighted by molar-refractivity contribution is 5.94. The Hall–Kier alpha value is -3.18. The minimum Gasteiger partial charge on any atom is -0.370 e. The average Bonchev–Trinajstić information content (AvgIpc) is 3.53. The quantitative estimate of drug-likeness (QED) is 0.0364. The van der Waals surface area contributed by atoms with Gasteiger partial charge < -0.3 is 26.8 Å². The lowest BCUT2D eigenvalue weighted by atomic mass is 9.87. The van der Waals surface area contributed by atoms with Crippen LogP contribution in [0.5, 0.6) is 0 Å². The Morgan fingerprint density at radius 2 is 1.66 bits per heavy atom. The number of aliphatic imine (C=N–C) groups is 1. The number of nitrogens with zero attached hydrogens (tertiary/aromatic N) is 4. The lowest BCUT2D eigenvalue weighted by Gasteiger charge is -2.25. The number of hydrogen-bond acceptors (Lipinski definition) is 7. The number of epoxide rings is 1. The predicted octanol–water partition coefficient (Wildman–Crippen LogP) is 1.74. The largest absolute Gasteiger partial charge is 0.370 e. The van der Waals surface area contributed by atoms with Crippen molar-refractivity contribution in [1.29, 1.82) is 0 Å². The molecule has 1 aliphatic rings. The first-order valence-corrected chi connectivity index (χ1v) is 13.1. The van der Waals surface area contributed by atoms with Gasteiger partial charge in [0.2, 0.25) is 11.8 Å². The van der Waals surface area contributed by atoms with Crippen LogP contribution >= 0.6 is 0 Å². The minimum atomic E-state index is -0.817. The summed E-state index contributed by atoms with van der Waals surface area (Å²) >= 11 is 0. The van der Waals surface area contributed by atoms with Crippen molar-refractivity contribution in [2.45, 2.75) is 90.8 Å². The Balaban J connectivity index is 3.00. The number of ketones is 2. The van der Waals surface area contributed by atoms with E-state index < -0.39 is 42.0 Å². The molecule has 0 radical (unpaired) electrons. The number of nitrogens with two attached hydrogens (primary N) is 2. The molecule has 1 rings (SSSR count). The molecule has 0 aromatic heterocycles. The normalized spacial score (nSPS) is 18.6. The number of amides is 2. The zero-order valence-electron chi connectivity index (χ0n) is 23.2. The summed E-state index contributed by atoms with van der Waals surface area (Å²) in [6, 6.07) is -1.58. The standard InChI is InChI=1S/C25H44N8O5/c1-15(2)9-17(11-20(34)19(10-16(3)4)31-22(36)13-30-33-28)23(37)32-18(7-6-8-29-24(26)27)21(35)12-25(5)14-38-25/h15-19H,6-14H2,1-5H3,(H,31,36)(H,32,37)(H4,26,27,29)/t17-,18+,19+,25+/m1/s1. The number of Topliss-reactive ketones (excluding diaryl/α,β-unsaturated/α-hetero) is 2. The molecule has 0 aromatic rings. The lowest BCUT2D eigenvalue weighted by Crippen LogP contribution is -2.47.